The van der Waals surface area contributed by atoms with E-state index in [9.17, 15) is 33.3 Å². The molecule has 0 amide bonds. The number of aliphatic hydroxyl groups is 4. The third kappa shape index (κ3) is 3.93. The van der Waals surface area contributed by atoms with E-state index >= 15 is 0 Å². The Hall–Kier alpha value is -2.70. The number of ketones is 1. The van der Waals surface area contributed by atoms with Gasteiger partial charge < -0.3 is 34.9 Å². The van der Waals surface area contributed by atoms with E-state index in [0.29, 0.717) is 0 Å². The predicted molar refractivity (Wildman–Crippen MR) is 104 cm³/mol. The molecule has 1 aliphatic heterocycles. The van der Waals surface area contributed by atoms with Crippen molar-refractivity contribution in [3.05, 3.63) is 53.5 Å². The standard InChI is InChI=1S/C21H20F3NO7/c22-21(23,24)16-11-4-3-10(25-17-19(29)18(28)14(8-26)32-20(17)30)6-9(11)7-12(27)15(16)13-2-1-5-31-13/h1-6,14,17-20,25-26,28-30H,7-8H2/t14?,17?,18-,19-,20?/m1/s1. The largest absolute Gasteiger partial charge is 0.464 e. The van der Waals surface area contributed by atoms with Gasteiger partial charge in [-0.3, -0.25) is 4.79 Å². The van der Waals surface area contributed by atoms with Crippen LogP contribution in [0.25, 0.3) is 11.1 Å². The number of halogens is 3. The second-order valence-corrected chi connectivity index (χ2v) is 7.60. The molecule has 0 saturated carbocycles. The quantitative estimate of drug-likeness (QED) is 0.463. The number of ether oxygens (including phenoxy) is 1. The summed E-state index contributed by atoms with van der Waals surface area (Å²) >= 11 is 0. The molecule has 0 bridgehead atoms. The maximum absolute atomic E-state index is 13.9. The number of Topliss-reactive ketones (excluding diaryl/α,β-unsaturated/α-hetero) is 1. The van der Waals surface area contributed by atoms with Crippen molar-refractivity contribution in [1.82, 2.24) is 0 Å². The lowest BCUT2D eigenvalue weighted by Gasteiger charge is -2.40. The summed E-state index contributed by atoms with van der Waals surface area (Å²) in [5.74, 6) is -0.938. The van der Waals surface area contributed by atoms with Gasteiger partial charge >= 0.3 is 6.18 Å². The topological polar surface area (TPSA) is 132 Å². The summed E-state index contributed by atoms with van der Waals surface area (Å²) in [5, 5.41) is 42.2. The monoisotopic (exact) mass is 455 g/mol. The molecule has 4 rings (SSSR count). The van der Waals surface area contributed by atoms with Crippen LogP contribution in [0.4, 0.5) is 18.9 Å². The molecule has 3 unspecified atom stereocenters. The Kier molecular flexibility index (Phi) is 5.86. The van der Waals surface area contributed by atoms with Gasteiger partial charge in [-0.1, -0.05) is 6.07 Å². The summed E-state index contributed by atoms with van der Waals surface area (Å²) in [6.45, 7) is -0.631. The van der Waals surface area contributed by atoms with Crippen molar-refractivity contribution in [3.63, 3.8) is 0 Å². The van der Waals surface area contributed by atoms with Gasteiger partial charge in [0.1, 0.15) is 30.1 Å². The van der Waals surface area contributed by atoms with Crippen molar-refractivity contribution < 1.29 is 47.5 Å². The van der Waals surface area contributed by atoms with Gasteiger partial charge in [-0.2, -0.15) is 13.2 Å². The van der Waals surface area contributed by atoms with Crippen LogP contribution in [0.3, 0.4) is 0 Å². The average molecular weight is 455 g/mol. The molecule has 1 aromatic heterocycles. The van der Waals surface area contributed by atoms with E-state index in [1.54, 1.807) is 0 Å². The van der Waals surface area contributed by atoms with E-state index in [1.807, 2.05) is 0 Å². The lowest BCUT2D eigenvalue weighted by molar-refractivity contribution is -0.245. The smallest absolute Gasteiger partial charge is 0.417 e. The Bertz CT molecular complexity index is 1030. The van der Waals surface area contributed by atoms with Gasteiger partial charge in [-0.15, -0.1) is 0 Å². The molecule has 2 heterocycles. The summed E-state index contributed by atoms with van der Waals surface area (Å²) in [6.07, 6.45) is -9.81. The first-order valence-corrected chi connectivity index (χ1v) is 9.70. The highest BCUT2D eigenvalue weighted by molar-refractivity contribution is 6.30. The van der Waals surface area contributed by atoms with Crippen LogP contribution in [-0.2, 0) is 16.0 Å². The van der Waals surface area contributed by atoms with Crippen LogP contribution in [0.15, 0.2) is 41.0 Å². The molecule has 172 valence electrons. The molecule has 11 heteroatoms. The summed E-state index contributed by atoms with van der Waals surface area (Å²) in [4.78, 5) is 12.6. The van der Waals surface area contributed by atoms with E-state index in [2.05, 4.69) is 5.32 Å². The first-order chi connectivity index (χ1) is 15.1. The van der Waals surface area contributed by atoms with Gasteiger partial charge in [-0.25, -0.2) is 0 Å². The second kappa shape index (κ2) is 8.34. The summed E-state index contributed by atoms with van der Waals surface area (Å²) in [6, 6.07) is 5.24. The van der Waals surface area contributed by atoms with Crippen LogP contribution < -0.4 is 5.32 Å². The van der Waals surface area contributed by atoms with E-state index in [0.717, 1.165) is 0 Å². The summed E-state index contributed by atoms with van der Waals surface area (Å²) in [7, 11) is 0. The number of anilines is 1. The zero-order valence-electron chi connectivity index (χ0n) is 16.4. The number of carbonyl (C=O) groups is 1. The van der Waals surface area contributed by atoms with Crippen LogP contribution >= 0.6 is 0 Å². The highest BCUT2D eigenvalue weighted by atomic mass is 19.4. The van der Waals surface area contributed by atoms with Gasteiger partial charge in [0, 0.05) is 12.1 Å². The number of furan rings is 1. The highest BCUT2D eigenvalue weighted by Crippen LogP contribution is 2.45. The molecule has 0 radical (unpaired) electrons. The molecule has 1 saturated heterocycles. The van der Waals surface area contributed by atoms with Crippen LogP contribution in [-0.4, -0.2) is 69.6 Å². The molecule has 2 aliphatic rings. The number of allylic oxidation sites excluding steroid dienone is 2. The molecule has 1 aromatic carbocycles. The van der Waals surface area contributed by atoms with Crippen LogP contribution in [0.5, 0.6) is 0 Å². The Labute approximate surface area is 179 Å². The number of carbonyl (C=O) groups excluding carboxylic acids is 1. The third-order valence-electron chi connectivity index (χ3n) is 5.54. The number of hydrogen-bond donors (Lipinski definition) is 5. The first-order valence-electron chi connectivity index (χ1n) is 9.70. The molecule has 32 heavy (non-hydrogen) atoms. The maximum atomic E-state index is 13.9. The minimum Gasteiger partial charge on any atom is -0.464 e. The minimum absolute atomic E-state index is 0.0946. The average Bonchev–Trinajstić information content (AvgIpc) is 3.26. The van der Waals surface area contributed by atoms with E-state index in [-0.39, 0.29) is 29.0 Å². The van der Waals surface area contributed by atoms with Gasteiger partial charge in [0.2, 0.25) is 0 Å². The van der Waals surface area contributed by atoms with E-state index in [4.69, 9.17) is 14.3 Å². The molecule has 1 fully saturated rings. The number of benzene rings is 1. The van der Waals surface area contributed by atoms with Gasteiger partial charge in [0.25, 0.3) is 0 Å². The van der Waals surface area contributed by atoms with Gasteiger partial charge in [0.15, 0.2) is 12.1 Å². The van der Waals surface area contributed by atoms with Crippen molar-refractivity contribution in [2.75, 3.05) is 11.9 Å². The summed E-state index contributed by atoms with van der Waals surface area (Å²) < 4.78 is 51.9. The Morgan fingerprint density at radius 3 is 2.50 bits per heavy atom. The Balaban J connectivity index is 1.69. The van der Waals surface area contributed by atoms with Gasteiger partial charge in [0.05, 0.1) is 24.0 Å². The number of nitrogens with one attached hydrogen (secondary N) is 1. The molecule has 5 N–H and O–H groups in total. The maximum Gasteiger partial charge on any atom is 0.417 e. The van der Waals surface area contributed by atoms with Gasteiger partial charge in [-0.05, 0) is 35.4 Å². The molecule has 0 spiro atoms. The lowest BCUT2D eigenvalue weighted by atomic mass is 9.83. The van der Waals surface area contributed by atoms with E-state index in [1.165, 1.54) is 36.6 Å². The fourth-order valence-corrected chi connectivity index (χ4v) is 4.03. The normalized spacial score (nSPS) is 28.6. The first kappa shape index (κ1) is 22.5. The number of alkyl halides is 3. The fraction of sp³-hybridized carbons (Fsp3) is 0.381. The van der Waals surface area contributed by atoms with Crippen LogP contribution in [0.1, 0.15) is 16.9 Å². The zero-order chi connectivity index (χ0) is 23.2. The second-order valence-electron chi connectivity index (χ2n) is 7.60. The molecular weight excluding hydrogens is 435 g/mol. The van der Waals surface area contributed by atoms with Crippen molar-refractivity contribution in [2.45, 2.75) is 43.2 Å². The lowest BCUT2D eigenvalue weighted by Crippen LogP contribution is -2.61. The molecule has 5 atom stereocenters. The van der Waals surface area contributed by atoms with Crippen molar-refractivity contribution in [1.29, 1.82) is 0 Å². The zero-order valence-corrected chi connectivity index (χ0v) is 16.4. The number of hydrogen-bond acceptors (Lipinski definition) is 8. The van der Waals surface area contributed by atoms with Crippen LogP contribution in [0.2, 0.25) is 0 Å². The number of aliphatic hydroxyl groups excluding tert-OH is 4. The van der Waals surface area contributed by atoms with Crippen molar-refractivity contribution in [2.24, 2.45) is 0 Å². The minimum atomic E-state index is -4.82. The van der Waals surface area contributed by atoms with E-state index < -0.39 is 60.4 Å². The molecular formula is C21H20F3NO7. The fourth-order valence-electron chi connectivity index (χ4n) is 4.03. The van der Waals surface area contributed by atoms with Crippen LogP contribution in [0, 0.1) is 0 Å². The molecule has 8 nitrogen and oxygen atoms in total. The predicted octanol–water partition coefficient (Wildman–Crippen LogP) is 1.09. The Morgan fingerprint density at radius 1 is 1.12 bits per heavy atom. The third-order valence-corrected chi connectivity index (χ3v) is 5.54. The Morgan fingerprint density at radius 2 is 1.88 bits per heavy atom. The number of fused-ring (bicyclic) bond motifs is 1. The van der Waals surface area contributed by atoms with Crippen molar-refractivity contribution in [3.8, 4) is 0 Å². The molecule has 1 aliphatic carbocycles. The summed E-state index contributed by atoms with van der Waals surface area (Å²) in [5.41, 5.74) is -1.54. The molecule has 2 aromatic rings. The SMILES string of the molecule is O=C1Cc2cc(NC3C(O)OC(CO)[C@@H](O)[C@@H]3O)ccc2C(C(F)(F)F)=C1c1ccco1. The van der Waals surface area contributed by atoms with Crippen molar-refractivity contribution >= 4 is 22.6 Å². The number of rotatable bonds is 4. The highest BCUT2D eigenvalue weighted by Gasteiger charge is 2.45.